The van der Waals surface area contributed by atoms with Crippen LogP contribution in [-0.4, -0.2) is 11.0 Å². The molecule has 0 aromatic heterocycles. The Hall–Kier alpha value is -1.52. The molecule has 5 heteroatoms. The van der Waals surface area contributed by atoms with E-state index in [2.05, 4.69) is 15.9 Å². The number of rotatable bonds is 1. The molecule has 2 aromatic carbocycles. The summed E-state index contributed by atoms with van der Waals surface area (Å²) in [6, 6.07) is 10.3. The Balaban J connectivity index is 2.04. The van der Waals surface area contributed by atoms with E-state index in [4.69, 9.17) is 11.6 Å². The number of hydrogen-bond donors (Lipinski definition) is 1. The molecule has 0 spiro atoms. The quantitative estimate of drug-likeness (QED) is 0.855. The fraction of sp³-hybridized carbons (Fsp3) is 0.0714. The predicted molar refractivity (Wildman–Crippen MR) is 77.8 cm³/mol. The molecule has 0 fully saturated rings. The van der Waals surface area contributed by atoms with Crippen LogP contribution < -0.4 is 4.90 Å². The molecule has 19 heavy (non-hydrogen) atoms. The maximum Gasteiger partial charge on any atom is 0.259 e. The smallest absolute Gasteiger partial charge is 0.259 e. The summed E-state index contributed by atoms with van der Waals surface area (Å²) in [4.78, 5) is 13.9. The molecule has 0 aliphatic carbocycles. The van der Waals surface area contributed by atoms with Crippen LogP contribution in [-0.2, 0) is 6.54 Å². The van der Waals surface area contributed by atoms with Gasteiger partial charge in [-0.3, -0.25) is 4.79 Å². The lowest BCUT2D eigenvalue weighted by molar-refractivity contribution is 0.0996. The zero-order valence-corrected chi connectivity index (χ0v) is 12.1. The van der Waals surface area contributed by atoms with Crippen LogP contribution in [0.2, 0.25) is 5.02 Å². The normalized spacial score (nSPS) is 13.8. The number of halogens is 2. The van der Waals surface area contributed by atoms with Gasteiger partial charge in [0.2, 0.25) is 0 Å². The Morgan fingerprint density at radius 1 is 1.21 bits per heavy atom. The highest BCUT2D eigenvalue weighted by molar-refractivity contribution is 9.10. The summed E-state index contributed by atoms with van der Waals surface area (Å²) in [5, 5.41) is 10.4. The summed E-state index contributed by atoms with van der Waals surface area (Å²) in [6.45, 7) is 0.447. The molecule has 1 N–H and O–H groups in total. The lowest BCUT2D eigenvalue weighted by atomic mass is 10.1. The minimum absolute atomic E-state index is 0.00715. The number of benzene rings is 2. The molecule has 0 saturated carbocycles. The zero-order valence-electron chi connectivity index (χ0n) is 9.73. The molecule has 0 unspecified atom stereocenters. The second-order valence-electron chi connectivity index (χ2n) is 4.33. The number of carbonyl (C=O) groups is 1. The van der Waals surface area contributed by atoms with Gasteiger partial charge in [0.05, 0.1) is 12.2 Å². The van der Waals surface area contributed by atoms with Gasteiger partial charge in [0.1, 0.15) is 5.75 Å². The maximum atomic E-state index is 12.3. The Morgan fingerprint density at radius 2 is 2.00 bits per heavy atom. The van der Waals surface area contributed by atoms with Gasteiger partial charge in [0, 0.05) is 21.1 Å². The number of phenols is 1. The van der Waals surface area contributed by atoms with Gasteiger partial charge in [-0.15, -0.1) is 0 Å². The molecule has 1 aliphatic rings. The first-order valence-corrected chi connectivity index (χ1v) is 6.82. The van der Waals surface area contributed by atoms with Gasteiger partial charge in [0.15, 0.2) is 0 Å². The van der Waals surface area contributed by atoms with E-state index in [1.165, 1.54) is 6.07 Å². The van der Waals surface area contributed by atoms with Gasteiger partial charge >= 0.3 is 0 Å². The first-order chi connectivity index (χ1) is 9.06. The molecule has 2 aromatic rings. The largest absolute Gasteiger partial charge is 0.506 e. The maximum absolute atomic E-state index is 12.3. The molecule has 3 rings (SSSR count). The Labute approximate surface area is 123 Å². The van der Waals surface area contributed by atoms with Crippen LogP contribution in [0.4, 0.5) is 5.69 Å². The number of hydrogen-bond acceptors (Lipinski definition) is 2. The first kappa shape index (κ1) is 12.5. The molecule has 1 amide bonds. The van der Waals surface area contributed by atoms with Gasteiger partial charge in [-0.2, -0.15) is 0 Å². The molecule has 3 nitrogen and oxygen atoms in total. The number of aromatic hydroxyl groups is 1. The lowest BCUT2D eigenvalue weighted by Gasteiger charge is -2.17. The molecule has 0 saturated heterocycles. The predicted octanol–water partition coefficient (Wildman–Crippen LogP) is 3.97. The van der Waals surface area contributed by atoms with Crippen LogP contribution in [0, 0.1) is 0 Å². The van der Waals surface area contributed by atoms with E-state index < -0.39 is 0 Å². The molecule has 0 bridgehead atoms. The average Bonchev–Trinajstić information content (AvgIpc) is 2.66. The fourth-order valence-electron chi connectivity index (χ4n) is 2.21. The summed E-state index contributed by atoms with van der Waals surface area (Å²) in [7, 11) is 0. The van der Waals surface area contributed by atoms with Crippen molar-refractivity contribution >= 4 is 39.1 Å². The SMILES string of the molecule is O=C1c2ccc(Br)cc2CN1c1ccc(Cl)cc1O. The van der Waals surface area contributed by atoms with E-state index in [1.807, 2.05) is 12.1 Å². The van der Waals surface area contributed by atoms with E-state index in [-0.39, 0.29) is 11.7 Å². The highest BCUT2D eigenvalue weighted by Gasteiger charge is 2.29. The van der Waals surface area contributed by atoms with E-state index in [9.17, 15) is 9.90 Å². The third-order valence-corrected chi connectivity index (χ3v) is 3.83. The third-order valence-electron chi connectivity index (χ3n) is 3.10. The second-order valence-corrected chi connectivity index (χ2v) is 5.68. The Morgan fingerprint density at radius 3 is 2.74 bits per heavy atom. The minimum Gasteiger partial charge on any atom is -0.506 e. The van der Waals surface area contributed by atoms with Crippen molar-refractivity contribution in [3.63, 3.8) is 0 Å². The Bertz CT molecular complexity index is 687. The highest BCUT2D eigenvalue weighted by atomic mass is 79.9. The van der Waals surface area contributed by atoms with Gasteiger partial charge in [-0.05, 0) is 35.9 Å². The first-order valence-electron chi connectivity index (χ1n) is 5.65. The molecule has 1 heterocycles. The number of amides is 1. The van der Waals surface area contributed by atoms with Crippen LogP contribution in [0.25, 0.3) is 0 Å². The van der Waals surface area contributed by atoms with Gasteiger partial charge < -0.3 is 10.0 Å². The standard InChI is InChI=1S/C14H9BrClNO2/c15-9-1-3-11-8(5-9)7-17(14(11)19)12-4-2-10(16)6-13(12)18/h1-6,18H,7H2. The van der Waals surface area contributed by atoms with Crippen molar-refractivity contribution in [2.24, 2.45) is 0 Å². The highest BCUT2D eigenvalue weighted by Crippen LogP contribution is 2.36. The summed E-state index contributed by atoms with van der Waals surface area (Å²) >= 11 is 9.19. The summed E-state index contributed by atoms with van der Waals surface area (Å²) in [6.07, 6.45) is 0. The van der Waals surface area contributed by atoms with Crippen LogP contribution in [0.5, 0.6) is 5.75 Å². The molecular weight excluding hydrogens is 330 g/mol. The third kappa shape index (κ3) is 2.11. The number of fused-ring (bicyclic) bond motifs is 1. The van der Waals surface area contributed by atoms with Crippen molar-refractivity contribution in [3.8, 4) is 5.75 Å². The average molecular weight is 339 g/mol. The van der Waals surface area contributed by atoms with Gasteiger partial charge in [-0.25, -0.2) is 0 Å². The number of nitrogens with zero attached hydrogens (tertiary/aromatic N) is 1. The Kier molecular flexibility index (Phi) is 2.99. The summed E-state index contributed by atoms with van der Waals surface area (Å²) < 4.78 is 0.932. The fourth-order valence-corrected chi connectivity index (χ4v) is 2.78. The number of carbonyl (C=O) groups excluding carboxylic acids is 1. The molecule has 96 valence electrons. The van der Waals surface area contributed by atoms with Crippen LogP contribution in [0.3, 0.4) is 0 Å². The van der Waals surface area contributed by atoms with Gasteiger partial charge in [0.25, 0.3) is 5.91 Å². The van der Waals surface area contributed by atoms with Gasteiger partial charge in [-0.1, -0.05) is 27.5 Å². The molecule has 0 atom stereocenters. The summed E-state index contributed by atoms with van der Waals surface area (Å²) in [5.41, 5.74) is 2.08. The monoisotopic (exact) mass is 337 g/mol. The molecule has 0 radical (unpaired) electrons. The van der Waals surface area contributed by atoms with Crippen molar-refractivity contribution in [2.75, 3.05) is 4.90 Å². The minimum atomic E-state index is -0.111. The van der Waals surface area contributed by atoms with E-state index in [0.29, 0.717) is 22.8 Å². The van der Waals surface area contributed by atoms with E-state index in [0.717, 1.165) is 10.0 Å². The van der Waals surface area contributed by atoms with Crippen molar-refractivity contribution in [1.82, 2.24) is 0 Å². The van der Waals surface area contributed by atoms with Crippen LogP contribution >= 0.6 is 27.5 Å². The van der Waals surface area contributed by atoms with E-state index in [1.54, 1.807) is 23.1 Å². The van der Waals surface area contributed by atoms with Crippen LogP contribution in [0.15, 0.2) is 40.9 Å². The number of anilines is 1. The zero-order chi connectivity index (χ0) is 13.6. The topological polar surface area (TPSA) is 40.5 Å². The van der Waals surface area contributed by atoms with Crippen molar-refractivity contribution in [1.29, 1.82) is 0 Å². The lowest BCUT2D eigenvalue weighted by Crippen LogP contribution is -2.22. The summed E-state index contributed by atoms with van der Waals surface area (Å²) in [5.74, 6) is -0.104. The molecule has 1 aliphatic heterocycles. The van der Waals surface area contributed by atoms with Crippen molar-refractivity contribution < 1.29 is 9.90 Å². The van der Waals surface area contributed by atoms with Crippen molar-refractivity contribution in [2.45, 2.75) is 6.54 Å². The molecular formula is C14H9BrClNO2. The second kappa shape index (κ2) is 4.54. The number of phenolic OH excluding ortho intramolecular Hbond substituents is 1. The van der Waals surface area contributed by atoms with Crippen molar-refractivity contribution in [3.05, 3.63) is 57.0 Å². The van der Waals surface area contributed by atoms with E-state index >= 15 is 0 Å². The van der Waals surface area contributed by atoms with Crippen LogP contribution in [0.1, 0.15) is 15.9 Å².